The molecular formula is C36H39Cl2F2N5O3. The van der Waals surface area contributed by atoms with Crippen LogP contribution in [0.5, 0.6) is 5.75 Å². The molecule has 3 aromatic rings. The van der Waals surface area contributed by atoms with E-state index in [1.54, 1.807) is 7.11 Å². The van der Waals surface area contributed by atoms with Gasteiger partial charge in [0.05, 0.1) is 19.2 Å². The molecule has 8 nitrogen and oxygen atoms in total. The van der Waals surface area contributed by atoms with E-state index in [2.05, 4.69) is 21.6 Å². The molecule has 1 aliphatic carbocycles. The maximum Gasteiger partial charge on any atom is 0.252 e. The van der Waals surface area contributed by atoms with Crippen LogP contribution in [0.3, 0.4) is 0 Å². The number of hydrogen-bond donors (Lipinski definition) is 2. The van der Waals surface area contributed by atoms with E-state index in [1.807, 2.05) is 35.4 Å². The first-order valence-corrected chi connectivity index (χ1v) is 17.3. The Morgan fingerprint density at radius 2 is 1.92 bits per heavy atom. The SMILES string of the molecule is COCCc1ccc(Cl)c(CN(C(=O)C2=C(c3ccc(N4CC[C@@H](Oc5c(F)ccc(F)c5Cl)C4)nc3)C[C@@H]3CNC[C@@H]2N3)C2CC2)c1. The van der Waals surface area contributed by atoms with Crippen molar-refractivity contribution in [2.45, 2.75) is 62.9 Å². The molecule has 0 unspecified atom stereocenters. The average Bonchev–Trinajstić information content (AvgIpc) is 3.83. The number of halogens is 4. The van der Waals surface area contributed by atoms with E-state index in [9.17, 15) is 13.6 Å². The van der Waals surface area contributed by atoms with Gasteiger partial charge >= 0.3 is 0 Å². The number of fused-ring (bicyclic) bond motifs is 2. The Morgan fingerprint density at radius 3 is 2.69 bits per heavy atom. The topological polar surface area (TPSA) is 79.0 Å². The molecular weight excluding hydrogens is 659 g/mol. The molecule has 2 N–H and O–H groups in total. The number of carbonyl (C=O) groups excluding carboxylic acids is 1. The summed E-state index contributed by atoms with van der Waals surface area (Å²) in [5.41, 5.74) is 4.81. The lowest BCUT2D eigenvalue weighted by atomic mass is 9.84. The second kappa shape index (κ2) is 14.3. The zero-order chi connectivity index (χ0) is 33.4. The van der Waals surface area contributed by atoms with Gasteiger partial charge in [0.2, 0.25) is 0 Å². The molecule has 4 aliphatic rings. The summed E-state index contributed by atoms with van der Waals surface area (Å²) in [5.74, 6) is -0.883. The standard InChI is InChI=1S/C36H39Cl2F2N5O3/c1-47-13-11-21-2-6-28(37)23(14-21)19-45(25-4-5-25)36(46)33-27(15-24-17-41-18-31(33)43-24)22-3-9-32(42-16-22)44-12-10-26(20-44)48-35-30(40)8-7-29(39)34(35)38/h2-3,6-9,14,16,24-26,31,41,43H,4-5,10-13,15,17-20H2,1H3/t24-,26-,31+/m1/s1. The Balaban J connectivity index is 1.12. The Kier molecular flexibility index (Phi) is 9.89. The lowest BCUT2D eigenvalue weighted by Crippen LogP contribution is -2.60. The van der Waals surface area contributed by atoms with Crippen LogP contribution in [0, 0.1) is 11.6 Å². The number of hydrogen-bond acceptors (Lipinski definition) is 7. The first kappa shape index (κ1) is 33.2. The van der Waals surface area contributed by atoms with Gasteiger partial charge in [-0.25, -0.2) is 13.8 Å². The molecule has 254 valence electrons. The van der Waals surface area contributed by atoms with Crippen molar-refractivity contribution < 1.29 is 23.0 Å². The summed E-state index contributed by atoms with van der Waals surface area (Å²) in [7, 11) is 1.69. The number of benzene rings is 2. The monoisotopic (exact) mass is 697 g/mol. The van der Waals surface area contributed by atoms with Gasteiger partial charge in [-0.15, -0.1) is 0 Å². The van der Waals surface area contributed by atoms with Crippen molar-refractivity contribution in [1.29, 1.82) is 0 Å². The van der Waals surface area contributed by atoms with Gasteiger partial charge in [0.1, 0.15) is 22.8 Å². The van der Waals surface area contributed by atoms with E-state index in [1.165, 1.54) is 0 Å². The summed E-state index contributed by atoms with van der Waals surface area (Å²) in [4.78, 5) is 23.5. The highest BCUT2D eigenvalue weighted by atomic mass is 35.5. The molecule has 0 spiro atoms. The molecule has 2 saturated heterocycles. The first-order chi connectivity index (χ1) is 23.3. The molecule has 1 aromatic heterocycles. The molecule has 48 heavy (non-hydrogen) atoms. The van der Waals surface area contributed by atoms with Crippen LogP contribution in [0.15, 0.2) is 54.2 Å². The number of pyridine rings is 1. The number of methoxy groups -OCH3 is 1. The highest BCUT2D eigenvalue weighted by molar-refractivity contribution is 6.32. The Labute approximate surface area is 289 Å². The van der Waals surface area contributed by atoms with Gasteiger partial charge in [0.25, 0.3) is 5.91 Å². The molecule has 3 atom stereocenters. The summed E-state index contributed by atoms with van der Waals surface area (Å²) in [6, 6.07) is 12.3. The van der Waals surface area contributed by atoms with Gasteiger partial charge < -0.3 is 29.9 Å². The third-order valence-corrected chi connectivity index (χ3v) is 10.4. The first-order valence-electron chi connectivity index (χ1n) is 16.6. The van der Waals surface area contributed by atoms with Crippen LogP contribution in [0.2, 0.25) is 10.0 Å². The second-order valence-electron chi connectivity index (χ2n) is 13.1. The van der Waals surface area contributed by atoms with Crippen LogP contribution in [-0.4, -0.2) is 79.9 Å². The summed E-state index contributed by atoms with van der Waals surface area (Å²) in [6.45, 7) is 3.66. The summed E-state index contributed by atoms with van der Waals surface area (Å²) >= 11 is 12.7. The Morgan fingerprint density at radius 1 is 1.08 bits per heavy atom. The van der Waals surface area contributed by atoms with Crippen molar-refractivity contribution in [2.24, 2.45) is 0 Å². The molecule has 1 saturated carbocycles. The van der Waals surface area contributed by atoms with Crippen molar-refractivity contribution >= 4 is 40.5 Å². The van der Waals surface area contributed by atoms with Crippen LogP contribution in [-0.2, 0) is 22.5 Å². The van der Waals surface area contributed by atoms with Crippen LogP contribution >= 0.6 is 23.2 Å². The predicted molar refractivity (Wildman–Crippen MR) is 183 cm³/mol. The lowest BCUT2D eigenvalue weighted by molar-refractivity contribution is -0.128. The average molecular weight is 699 g/mol. The number of anilines is 1. The predicted octanol–water partition coefficient (Wildman–Crippen LogP) is 5.79. The number of carbonyl (C=O) groups is 1. The van der Waals surface area contributed by atoms with Gasteiger partial charge in [-0.05, 0) is 78.3 Å². The fraction of sp³-hybridized carbons (Fsp3) is 0.444. The van der Waals surface area contributed by atoms with E-state index < -0.39 is 11.6 Å². The molecule has 0 radical (unpaired) electrons. The summed E-state index contributed by atoms with van der Waals surface area (Å²) in [6.07, 6.45) is 5.52. The fourth-order valence-corrected chi connectivity index (χ4v) is 7.40. The highest BCUT2D eigenvalue weighted by Crippen LogP contribution is 2.38. The summed E-state index contributed by atoms with van der Waals surface area (Å²) in [5, 5.41) is 7.50. The normalized spacial score (nSPS) is 22.3. The lowest BCUT2D eigenvalue weighted by Gasteiger charge is -2.41. The number of piperazine rings is 1. The smallest absolute Gasteiger partial charge is 0.252 e. The van der Waals surface area contributed by atoms with Crippen LogP contribution < -0.4 is 20.3 Å². The van der Waals surface area contributed by atoms with Crippen molar-refractivity contribution in [1.82, 2.24) is 20.5 Å². The molecule has 2 aromatic carbocycles. The number of amides is 1. The second-order valence-corrected chi connectivity index (χ2v) is 13.8. The van der Waals surface area contributed by atoms with Crippen LogP contribution in [0.1, 0.15) is 42.4 Å². The third-order valence-electron chi connectivity index (χ3n) is 9.68. The molecule has 3 fully saturated rings. The minimum atomic E-state index is -0.721. The van der Waals surface area contributed by atoms with Crippen molar-refractivity contribution in [3.63, 3.8) is 0 Å². The van der Waals surface area contributed by atoms with Crippen molar-refractivity contribution in [3.8, 4) is 5.75 Å². The largest absolute Gasteiger partial charge is 0.484 e. The molecule has 12 heteroatoms. The van der Waals surface area contributed by atoms with E-state index in [0.717, 1.165) is 71.6 Å². The fourth-order valence-electron chi connectivity index (χ4n) is 7.02. The summed E-state index contributed by atoms with van der Waals surface area (Å²) < 4.78 is 39.3. The quantitative estimate of drug-likeness (QED) is 0.246. The zero-order valence-corrected chi connectivity index (χ0v) is 28.3. The Hall–Kier alpha value is -3.28. The van der Waals surface area contributed by atoms with Gasteiger partial charge in [0, 0.05) is 68.6 Å². The van der Waals surface area contributed by atoms with E-state index in [0.29, 0.717) is 50.7 Å². The van der Waals surface area contributed by atoms with E-state index in [4.69, 9.17) is 37.7 Å². The number of aromatic nitrogens is 1. The van der Waals surface area contributed by atoms with E-state index >= 15 is 0 Å². The molecule has 3 aliphatic heterocycles. The van der Waals surface area contributed by atoms with Gasteiger partial charge in [-0.3, -0.25) is 4.79 Å². The van der Waals surface area contributed by atoms with Crippen molar-refractivity contribution in [2.75, 3.05) is 44.8 Å². The van der Waals surface area contributed by atoms with Gasteiger partial charge in [-0.2, -0.15) is 0 Å². The van der Waals surface area contributed by atoms with Gasteiger partial charge in [-0.1, -0.05) is 35.3 Å². The number of rotatable bonds is 11. The van der Waals surface area contributed by atoms with Crippen LogP contribution in [0.25, 0.3) is 5.57 Å². The molecule has 4 heterocycles. The third kappa shape index (κ3) is 7.05. The van der Waals surface area contributed by atoms with Gasteiger partial charge in [0.15, 0.2) is 11.6 Å². The van der Waals surface area contributed by atoms with Crippen LogP contribution in [0.4, 0.5) is 14.6 Å². The molecule has 2 bridgehead atoms. The maximum absolute atomic E-state index is 14.6. The minimum absolute atomic E-state index is 0.0392. The number of ether oxygens (including phenoxy) is 2. The number of nitrogens with one attached hydrogen (secondary N) is 2. The van der Waals surface area contributed by atoms with E-state index in [-0.39, 0.29) is 40.9 Å². The minimum Gasteiger partial charge on any atom is -0.484 e. The number of nitrogens with zero attached hydrogens (tertiary/aromatic N) is 3. The zero-order valence-electron chi connectivity index (χ0n) is 26.8. The maximum atomic E-state index is 14.6. The van der Waals surface area contributed by atoms with Crippen molar-refractivity contribution in [3.05, 3.63) is 92.6 Å². The molecule has 1 amide bonds. The molecule has 7 rings (SSSR count). The highest BCUT2D eigenvalue weighted by Gasteiger charge is 2.41. The Bertz CT molecular complexity index is 1700.